The summed E-state index contributed by atoms with van der Waals surface area (Å²) in [5.41, 5.74) is 2.12. The number of halogens is 2. The van der Waals surface area contributed by atoms with Crippen molar-refractivity contribution in [3.63, 3.8) is 0 Å². The first-order chi connectivity index (χ1) is 5.47. The molecule has 1 aromatic carbocycles. The Kier molecular flexibility index (Phi) is 13.4. The van der Waals surface area contributed by atoms with E-state index in [1.54, 1.807) is 6.33 Å². The van der Waals surface area contributed by atoms with Gasteiger partial charge >= 0.3 is 0 Å². The molecule has 1 heterocycles. The van der Waals surface area contributed by atoms with Crippen molar-refractivity contribution in [3.05, 3.63) is 43.8 Å². The van der Waals surface area contributed by atoms with E-state index >= 15 is 0 Å². The number of imidazole rings is 1. The Hall–Kier alpha value is -1.03. The van der Waals surface area contributed by atoms with E-state index in [1.165, 1.54) is 0 Å². The maximum atomic E-state index is 4.06. The maximum Gasteiger partial charge on any atom is 0.0931 e. The van der Waals surface area contributed by atoms with Gasteiger partial charge in [-0.05, 0) is 12.1 Å². The molecule has 0 unspecified atom stereocenters. The lowest BCUT2D eigenvalue weighted by Gasteiger charge is -1.81. The van der Waals surface area contributed by atoms with Gasteiger partial charge in [-0.2, -0.15) is 0 Å². The second-order valence-electron chi connectivity index (χ2n) is 1.92. The predicted molar refractivity (Wildman–Crippen MR) is 66.9 cm³/mol. The molecule has 3 nitrogen and oxygen atoms in total. The van der Waals surface area contributed by atoms with Gasteiger partial charge in [-0.1, -0.05) is 12.1 Å². The Morgan fingerprint density at radius 1 is 1.07 bits per heavy atom. The quantitative estimate of drug-likeness (QED) is 0.688. The number of nitrogens with zero attached hydrogens (tertiary/aromatic N) is 1. The molecule has 0 saturated heterocycles. The van der Waals surface area contributed by atoms with Crippen molar-refractivity contribution in [2.24, 2.45) is 0 Å². The highest BCUT2D eigenvalue weighted by atomic mass is 35.5. The number of rotatable bonds is 0. The van der Waals surface area contributed by atoms with Gasteiger partial charge in [0.25, 0.3) is 0 Å². The van der Waals surface area contributed by atoms with Crippen LogP contribution in [0.1, 0.15) is 0 Å². The summed E-state index contributed by atoms with van der Waals surface area (Å²) in [7, 11) is 0. The average Bonchev–Trinajstić information content (AvgIpc) is 2.55. The van der Waals surface area contributed by atoms with Crippen LogP contribution >= 0.6 is 24.8 Å². The highest BCUT2D eigenvalue weighted by molar-refractivity contribution is 5.85. The fraction of sp³-hybridized carbons (Fsp3) is 0. The van der Waals surface area contributed by atoms with E-state index in [0.29, 0.717) is 0 Å². The third-order valence-electron chi connectivity index (χ3n) is 1.33. The second-order valence-corrected chi connectivity index (χ2v) is 1.92. The molecule has 0 bridgehead atoms. The largest absolute Gasteiger partial charge is 0.345 e. The maximum absolute atomic E-state index is 4.06. The van der Waals surface area contributed by atoms with Crippen LogP contribution in [-0.2, 0) is 0 Å². The summed E-state index contributed by atoms with van der Waals surface area (Å²) in [6.07, 6.45) is 1.70. The number of aromatic amines is 1. The Labute approximate surface area is 96.0 Å². The van der Waals surface area contributed by atoms with Gasteiger partial charge in [0, 0.05) is 0 Å². The summed E-state index contributed by atoms with van der Waals surface area (Å²) in [6, 6.07) is 7.94. The molecule has 0 atom stereocenters. The van der Waals surface area contributed by atoms with Crippen LogP contribution in [0.25, 0.3) is 11.0 Å². The van der Waals surface area contributed by atoms with Crippen LogP contribution < -0.4 is 6.15 Å². The Morgan fingerprint density at radius 2 is 1.64 bits per heavy atom. The van der Waals surface area contributed by atoms with E-state index in [9.17, 15) is 0 Å². The fourth-order valence-corrected chi connectivity index (χ4v) is 0.880. The zero-order chi connectivity index (χ0) is 8.10. The number of hydrogen-bond donors (Lipinski definition) is 2. The second kappa shape index (κ2) is 10.1. The molecule has 0 aliphatic rings. The van der Waals surface area contributed by atoms with Gasteiger partial charge in [0.15, 0.2) is 0 Å². The summed E-state index contributed by atoms with van der Waals surface area (Å²) < 4.78 is 0. The normalized spacial score (nSPS) is 6.86. The zero-order valence-corrected chi connectivity index (χ0v) is 9.40. The standard InChI is InChI=1S/C7H6N2.C2H4.2ClH.H3N/c1-2-4-7-6(3-1)8-5-9-7;1-2;;;/h1-5H,(H,8,9);1-2H2;2*1H;1H3. The van der Waals surface area contributed by atoms with Crippen LogP contribution in [0, 0.1) is 0 Å². The molecule has 80 valence electrons. The number of fused-ring (bicyclic) bond motifs is 1. The van der Waals surface area contributed by atoms with Crippen molar-refractivity contribution < 1.29 is 0 Å². The lowest BCUT2D eigenvalue weighted by molar-refractivity contribution is 1.34. The molecule has 0 spiro atoms. The number of aromatic nitrogens is 2. The summed E-state index contributed by atoms with van der Waals surface area (Å²) in [4.78, 5) is 7.07. The van der Waals surface area contributed by atoms with Gasteiger partial charge in [0.1, 0.15) is 0 Å². The van der Waals surface area contributed by atoms with Crippen molar-refractivity contribution in [1.82, 2.24) is 16.1 Å². The minimum Gasteiger partial charge on any atom is -0.345 e. The Morgan fingerprint density at radius 3 is 2.21 bits per heavy atom. The van der Waals surface area contributed by atoms with E-state index in [4.69, 9.17) is 0 Å². The summed E-state index contributed by atoms with van der Waals surface area (Å²) in [5.74, 6) is 0. The van der Waals surface area contributed by atoms with E-state index in [0.717, 1.165) is 11.0 Å². The SMILES string of the molecule is C=C.Cl.Cl.N.c1ccc2[nH]cnc2c1. The first-order valence-electron chi connectivity index (χ1n) is 3.35. The van der Waals surface area contributed by atoms with Crippen LogP contribution in [0.3, 0.4) is 0 Å². The molecule has 2 rings (SSSR count). The molecule has 0 saturated carbocycles. The first kappa shape index (κ1) is 18.7. The van der Waals surface area contributed by atoms with Gasteiger partial charge in [-0.3, -0.25) is 0 Å². The molecular weight excluding hydrogens is 221 g/mol. The van der Waals surface area contributed by atoms with Gasteiger partial charge in [-0.25, -0.2) is 4.98 Å². The topological polar surface area (TPSA) is 63.7 Å². The highest BCUT2D eigenvalue weighted by Crippen LogP contribution is 2.05. The van der Waals surface area contributed by atoms with Gasteiger partial charge < -0.3 is 11.1 Å². The fourth-order valence-electron chi connectivity index (χ4n) is 0.880. The Bertz CT molecular complexity index is 305. The number of H-pyrrole nitrogens is 1. The van der Waals surface area contributed by atoms with Crippen LogP contribution in [-0.4, -0.2) is 9.97 Å². The van der Waals surface area contributed by atoms with Crippen LogP contribution in [0.2, 0.25) is 0 Å². The number of benzene rings is 1. The highest BCUT2D eigenvalue weighted by Gasteiger charge is 1.88. The molecule has 2 aromatic rings. The molecule has 14 heavy (non-hydrogen) atoms. The van der Waals surface area contributed by atoms with E-state index in [-0.39, 0.29) is 31.0 Å². The molecule has 0 aliphatic heterocycles. The predicted octanol–water partition coefficient (Wildman–Crippen LogP) is 3.37. The number of hydrogen-bond acceptors (Lipinski definition) is 2. The third kappa shape index (κ3) is 4.28. The summed E-state index contributed by atoms with van der Waals surface area (Å²) in [5, 5.41) is 0. The molecule has 0 aliphatic carbocycles. The average molecular weight is 236 g/mol. The van der Waals surface area contributed by atoms with Crippen LogP contribution in [0.5, 0.6) is 0 Å². The van der Waals surface area contributed by atoms with Gasteiger partial charge in [0.2, 0.25) is 0 Å². The molecule has 0 radical (unpaired) electrons. The van der Waals surface area contributed by atoms with Crippen LogP contribution in [0.4, 0.5) is 0 Å². The molecular formula is C9H15Cl2N3. The minimum absolute atomic E-state index is 0. The van der Waals surface area contributed by atoms with Crippen molar-refractivity contribution in [3.8, 4) is 0 Å². The van der Waals surface area contributed by atoms with E-state index < -0.39 is 0 Å². The number of para-hydroxylation sites is 2. The van der Waals surface area contributed by atoms with Gasteiger partial charge in [0.05, 0.1) is 17.4 Å². The number of nitrogens with one attached hydrogen (secondary N) is 1. The first-order valence-corrected chi connectivity index (χ1v) is 3.35. The van der Waals surface area contributed by atoms with Gasteiger partial charge in [-0.15, -0.1) is 38.0 Å². The third-order valence-corrected chi connectivity index (χ3v) is 1.33. The molecule has 0 amide bonds. The van der Waals surface area contributed by atoms with Crippen molar-refractivity contribution in [2.75, 3.05) is 0 Å². The van der Waals surface area contributed by atoms with E-state index in [2.05, 4.69) is 23.1 Å². The van der Waals surface area contributed by atoms with Crippen LogP contribution in [0.15, 0.2) is 43.8 Å². The van der Waals surface area contributed by atoms with Crippen molar-refractivity contribution >= 4 is 35.8 Å². The van der Waals surface area contributed by atoms with E-state index in [1.807, 2.05) is 24.3 Å². The molecule has 5 heteroatoms. The zero-order valence-electron chi connectivity index (χ0n) is 7.77. The minimum atomic E-state index is 0. The lowest BCUT2D eigenvalue weighted by atomic mass is 10.3. The molecule has 1 aromatic heterocycles. The monoisotopic (exact) mass is 235 g/mol. The summed E-state index contributed by atoms with van der Waals surface area (Å²) in [6.45, 7) is 6.00. The Balaban J connectivity index is -0.000000229. The van der Waals surface area contributed by atoms with Crippen molar-refractivity contribution in [2.45, 2.75) is 0 Å². The lowest BCUT2D eigenvalue weighted by Crippen LogP contribution is -1.63. The summed E-state index contributed by atoms with van der Waals surface area (Å²) >= 11 is 0. The van der Waals surface area contributed by atoms with Crippen molar-refractivity contribution in [1.29, 1.82) is 0 Å². The smallest absolute Gasteiger partial charge is 0.0931 e. The molecule has 0 fully saturated rings. The molecule has 4 N–H and O–H groups in total.